The summed E-state index contributed by atoms with van der Waals surface area (Å²) in [7, 11) is 0. The van der Waals surface area contributed by atoms with Gasteiger partial charge in [0.05, 0.1) is 5.75 Å². The maximum absolute atomic E-state index is 12.1. The normalized spacial score (nSPS) is 16.2. The van der Waals surface area contributed by atoms with Crippen molar-refractivity contribution in [2.75, 3.05) is 5.75 Å². The molecule has 0 radical (unpaired) electrons. The summed E-state index contributed by atoms with van der Waals surface area (Å²) in [5.41, 5.74) is 1.03. The van der Waals surface area contributed by atoms with E-state index >= 15 is 0 Å². The quantitative estimate of drug-likeness (QED) is 0.404. The van der Waals surface area contributed by atoms with Crippen molar-refractivity contribution in [3.05, 3.63) is 60.2 Å². The van der Waals surface area contributed by atoms with Gasteiger partial charge in [0.1, 0.15) is 5.60 Å². The molecule has 0 N–H and O–H groups in total. The van der Waals surface area contributed by atoms with Crippen LogP contribution in [0.25, 0.3) is 21.5 Å². The summed E-state index contributed by atoms with van der Waals surface area (Å²) in [6.45, 7) is 2.07. The predicted molar refractivity (Wildman–Crippen MR) is 111 cm³/mol. The van der Waals surface area contributed by atoms with Crippen LogP contribution in [0.4, 0.5) is 0 Å². The molecule has 3 aromatic carbocycles. The molecule has 0 saturated heterocycles. The molecule has 0 heterocycles. The van der Waals surface area contributed by atoms with Crippen molar-refractivity contribution in [2.45, 2.75) is 44.0 Å². The minimum atomic E-state index is -0.221. The maximum atomic E-state index is 12.1. The van der Waals surface area contributed by atoms with E-state index in [0.717, 1.165) is 18.6 Å². The molecule has 1 aliphatic rings. The third kappa shape index (κ3) is 3.88. The Labute approximate surface area is 158 Å². The van der Waals surface area contributed by atoms with E-state index in [1.54, 1.807) is 11.8 Å². The van der Waals surface area contributed by atoms with Gasteiger partial charge in [-0.05, 0) is 71.8 Å². The molecule has 1 saturated carbocycles. The third-order valence-electron chi connectivity index (χ3n) is 5.28. The highest BCUT2D eigenvalue weighted by atomic mass is 32.2. The summed E-state index contributed by atoms with van der Waals surface area (Å²) >= 11 is 1.63. The largest absolute Gasteiger partial charge is 0.459 e. The first-order valence-electron chi connectivity index (χ1n) is 9.32. The number of carbonyl (C=O) groups excluding carboxylic acids is 1. The number of thioether (sulfide) groups is 1. The number of ether oxygens (including phenoxy) is 1. The number of esters is 1. The first kappa shape index (κ1) is 17.4. The van der Waals surface area contributed by atoms with Crippen molar-refractivity contribution in [3.8, 4) is 0 Å². The summed E-state index contributed by atoms with van der Waals surface area (Å²) < 4.78 is 5.70. The lowest BCUT2D eigenvalue weighted by Crippen LogP contribution is -2.28. The standard InChI is InChI=1S/C23H24O2S/c1-23(10-4-5-11-23)25-22(24)16-26-15-17-8-9-20-13-18-6-2-3-7-19(18)14-21(20)12-17/h2-3,6-9,12-14H,4-5,10-11,15-16H2,1H3. The Bertz CT molecular complexity index is 941. The van der Waals surface area contributed by atoms with E-state index in [-0.39, 0.29) is 11.6 Å². The van der Waals surface area contributed by atoms with Gasteiger partial charge in [-0.2, -0.15) is 0 Å². The molecule has 2 nitrogen and oxygen atoms in total. The second-order valence-electron chi connectivity index (χ2n) is 7.50. The Morgan fingerprint density at radius 2 is 1.62 bits per heavy atom. The van der Waals surface area contributed by atoms with Crippen molar-refractivity contribution in [3.63, 3.8) is 0 Å². The molecule has 0 bridgehead atoms. The van der Waals surface area contributed by atoms with E-state index in [1.165, 1.54) is 39.9 Å². The second-order valence-corrected chi connectivity index (χ2v) is 8.49. The van der Waals surface area contributed by atoms with Crippen molar-refractivity contribution >= 4 is 39.3 Å². The highest BCUT2D eigenvalue weighted by Gasteiger charge is 2.32. The average Bonchev–Trinajstić information content (AvgIpc) is 3.05. The van der Waals surface area contributed by atoms with Gasteiger partial charge in [0, 0.05) is 5.75 Å². The Balaban J connectivity index is 1.39. The lowest BCUT2D eigenvalue weighted by atomic mass is 10.0. The highest BCUT2D eigenvalue weighted by Crippen LogP contribution is 2.33. The van der Waals surface area contributed by atoms with Crippen LogP contribution >= 0.6 is 11.8 Å². The maximum Gasteiger partial charge on any atom is 0.316 e. The fourth-order valence-corrected chi connectivity index (χ4v) is 4.60. The lowest BCUT2D eigenvalue weighted by Gasteiger charge is -2.23. The topological polar surface area (TPSA) is 26.3 Å². The first-order chi connectivity index (χ1) is 12.6. The molecule has 0 unspecified atom stereocenters. The molecule has 26 heavy (non-hydrogen) atoms. The predicted octanol–water partition coefficient (Wildman–Crippen LogP) is 6.10. The van der Waals surface area contributed by atoms with E-state index in [4.69, 9.17) is 4.74 Å². The van der Waals surface area contributed by atoms with Crippen LogP contribution in [0.3, 0.4) is 0 Å². The molecule has 134 valence electrons. The monoisotopic (exact) mass is 364 g/mol. The van der Waals surface area contributed by atoms with Gasteiger partial charge in [-0.15, -0.1) is 11.8 Å². The first-order valence-corrected chi connectivity index (χ1v) is 10.5. The van der Waals surface area contributed by atoms with Crippen LogP contribution in [0.2, 0.25) is 0 Å². The van der Waals surface area contributed by atoms with Crippen LogP contribution in [-0.4, -0.2) is 17.3 Å². The molecule has 0 spiro atoms. The van der Waals surface area contributed by atoms with E-state index in [2.05, 4.69) is 61.5 Å². The Hall–Kier alpha value is -2.00. The number of rotatable bonds is 5. The molecular weight excluding hydrogens is 340 g/mol. The van der Waals surface area contributed by atoms with Crippen LogP contribution in [-0.2, 0) is 15.3 Å². The molecule has 4 rings (SSSR count). The Morgan fingerprint density at radius 3 is 2.35 bits per heavy atom. The minimum Gasteiger partial charge on any atom is -0.459 e. The smallest absolute Gasteiger partial charge is 0.316 e. The molecule has 1 fully saturated rings. The zero-order chi connectivity index (χ0) is 18.0. The third-order valence-corrected chi connectivity index (χ3v) is 6.26. The number of fused-ring (bicyclic) bond motifs is 2. The van der Waals surface area contributed by atoms with Crippen LogP contribution in [0, 0.1) is 0 Å². The SMILES string of the molecule is CC1(OC(=O)CSCc2ccc3cc4ccccc4cc3c2)CCCC1. The average molecular weight is 365 g/mol. The fourth-order valence-electron chi connectivity index (χ4n) is 3.86. The van der Waals surface area contributed by atoms with E-state index in [1.807, 2.05) is 0 Å². The molecule has 3 aromatic rings. The van der Waals surface area contributed by atoms with E-state index < -0.39 is 0 Å². The zero-order valence-electron chi connectivity index (χ0n) is 15.2. The highest BCUT2D eigenvalue weighted by molar-refractivity contribution is 7.99. The van der Waals surface area contributed by atoms with Gasteiger partial charge in [0.25, 0.3) is 0 Å². The van der Waals surface area contributed by atoms with Crippen molar-refractivity contribution in [2.24, 2.45) is 0 Å². The molecular formula is C23H24O2S. The van der Waals surface area contributed by atoms with Crippen molar-refractivity contribution in [1.82, 2.24) is 0 Å². The van der Waals surface area contributed by atoms with Crippen molar-refractivity contribution < 1.29 is 9.53 Å². The van der Waals surface area contributed by atoms with Gasteiger partial charge in [0.15, 0.2) is 0 Å². The summed E-state index contributed by atoms with van der Waals surface area (Å²) in [5.74, 6) is 1.17. The van der Waals surface area contributed by atoms with Gasteiger partial charge in [-0.1, -0.05) is 42.5 Å². The van der Waals surface area contributed by atoms with Crippen LogP contribution < -0.4 is 0 Å². The summed E-state index contributed by atoms with van der Waals surface area (Å²) in [5, 5.41) is 5.04. The Kier molecular flexibility index (Phi) is 4.90. The number of hydrogen-bond donors (Lipinski definition) is 0. The summed E-state index contributed by atoms with van der Waals surface area (Å²) in [4.78, 5) is 12.1. The van der Waals surface area contributed by atoms with Gasteiger partial charge >= 0.3 is 5.97 Å². The lowest BCUT2D eigenvalue weighted by molar-refractivity contribution is -0.154. The van der Waals surface area contributed by atoms with Crippen molar-refractivity contribution in [1.29, 1.82) is 0 Å². The molecule has 0 amide bonds. The van der Waals surface area contributed by atoms with Gasteiger partial charge < -0.3 is 4.74 Å². The fraction of sp³-hybridized carbons (Fsp3) is 0.348. The van der Waals surface area contributed by atoms with Crippen LogP contribution in [0.15, 0.2) is 54.6 Å². The zero-order valence-corrected chi connectivity index (χ0v) is 16.0. The van der Waals surface area contributed by atoms with Gasteiger partial charge in [-0.3, -0.25) is 4.79 Å². The Morgan fingerprint density at radius 1 is 0.962 bits per heavy atom. The number of hydrogen-bond acceptors (Lipinski definition) is 3. The molecule has 0 aromatic heterocycles. The molecule has 0 atom stereocenters. The number of benzene rings is 3. The van der Waals surface area contributed by atoms with E-state index in [0.29, 0.717) is 5.75 Å². The van der Waals surface area contributed by atoms with E-state index in [9.17, 15) is 4.79 Å². The summed E-state index contributed by atoms with van der Waals surface area (Å²) in [6, 6.07) is 19.5. The second kappa shape index (κ2) is 7.32. The summed E-state index contributed by atoms with van der Waals surface area (Å²) in [6.07, 6.45) is 4.34. The molecule has 3 heteroatoms. The van der Waals surface area contributed by atoms with Gasteiger partial charge in [0.2, 0.25) is 0 Å². The van der Waals surface area contributed by atoms with Crippen LogP contribution in [0.1, 0.15) is 38.2 Å². The van der Waals surface area contributed by atoms with Crippen LogP contribution in [0.5, 0.6) is 0 Å². The number of carbonyl (C=O) groups is 1. The van der Waals surface area contributed by atoms with Gasteiger partial charge in [-0.25, -0.2) is 0 Å². The minimum absolute atomic E-state index is 0.0776. The molecule has 0 aliphatic heterocycles. The molecule has 1 aliphatic carbocycles.